The summed E-state index contributed by atoms with van der Waals surface area (Å²) in [7, 11) is 1.02. The third kappa shape index (κ3) is 3.50. The van der Waals surface area contributed by atoms with Gasteiger partial charge in [0.15, 0.2) is 5.69 Å². The first kappa shape index (κ1) is 17.8. The molecule has 0 saturated heterocycles. The van der Waals surface area contributed by atoms with Crippen LogP contribution in [0.3, 0.4) is 0 Å². The van der Waals surface area contributed by atoms with Gasteiger partial charge in [-0.3, -0.25) is 9.63 Å². The van der Waals surface area contributed by atoms with E-state index < -0.39 is 40.8 Å². The zero-order valence-corrected chi connectivity index (χ0v) is 11.9. The molecule has 1 aromatic heterocycles. The fourth-order valence-electron chi connectivity index (χ4n) is 1.94. The summed E-state index contributed by atoms with van der Waals surface area (Å²) >= 11 is 0. The topological polar surface area (TPSA) is 56.1 Å². The third-order valence-electron chi connectivity index (χ3n) is 2.90. The van der Waals surface area contributed by atoms with Crippen LogP contribution in [0.25, 0.3) is 5.69 Å². The molecule has 0 fully saturated rings. The normalized spacial score (nSPS) is 12.3. The molecular formula is C13H9F6N3O2. The lowest BCUT2D eigenvalue weighted by atomic mass is 10.2. The summed E-state index contributed by atoms with van der Waals surface area (Å²) in [5, 5.41) is 3.39. The Morgan fingerprint density at radius 1 is 1.17 bits per heavy atom. The second-order valence-corrected chi connectivity index (χ2v) is 4.50. The Labute approximate surface area is 130 Å². The molecular weight excluding hydrogens is 344 g/mol. The standard InChI is InChI=1S/C13H9F6N3O2/c1-24-21-11(23)9-6-20-22(10(9)13(17,18)19)8-4-2-3-7(5-8)12(14,15)16/h2-6H,1H3,(H,21,23). The predicted molar refractivity (Wildman–Crippen MR) is 68.0 cm³/mol. The zero-order valence-electron chi connectivity index (χ0n) is 11.9. The number of benzene rings is 1. The molecule has 0 atom stereocenters. The van der Waals surface area contributed by atoms with Crippen LogP contribution in [0.1, 0.15) is 21.6 Å². The number of carbonyl (C=O) groups excluding carboxylic acids is 1. The largest absolute Gasteiger partial charge is 0.434 e. The van der Waals surface area contributed by atoms with Gasteiger partial charge in [0.05, 0.1) is 30.1 Å². The van der Waals surface area contributed by atoms with Crippen LogP contribution in [0.15, 0.2) is 30.5 Å². The summed E-state index contributed by atoms with van der Waals surface area (Å²) in [6, 6.07) is 3.16. The van der Waals surface area contributed by atoms with Crippen LogP contribution < -0.4 is 5.48 Å². The summed E-state index contributed by atoms with van der Waals surface area (Å²) in [6.45, 7) is 0. The number of nitrogens with zero attached hydrogens (tertiary/aromatic N) is 2. The second kappa shape index (κ2) is 6.15. The van der Waals surface area contributed by atoms with E-state index in [0.717, 1.165) is 19.2 Å². The minimum absolute atomic E-state index is 0.222. The number of aromatic nitrogens is 2. The van der Waals surface area contributed by atoms with Gasteiger partial charge in [-0.05, 0) is 18.2 Å². The van der Waals surface area contributed by atoms with Gasteiger partial charge < -0.3 is 0 Å². The monoisotopic (exact) mass is 353 g/mol. The third-order valence-corrected chi connectivity index (χ3v) is 2.90. The number of amides is 1. The number of alkyl halides is 6. The van der Waals surface area contributed by atoms with Crippen molar-refractivity contribution in [2.45, 2.75) is 12.4 Å². The average molecular weight is 353 g/mol. The molecule has 1 heterocycles. The first-order valence-electron chi connectivity index (χ1n) is 6.22. The first-order chi connectivity index (χ1) is 11.1. The van der Waals surface area contributed by atoms with E-state index in [0.29, 0.717) is 18.3 Å². The smallest absolute Gasteiger partial charge is 0.277 e. The Balaban J connectivity index is 2.62. The van der Waals surface area contributed by atoms with E-state index >= 15 is 0 Å². The molecule has 24 heavy (non-hydrogen) atoms. The summed E-state index contributed by atoms with van der Waals surface area (Å²) in [4.78, 5) is 15.9. The van der Waals surface area contributed by atoms with Crippen LogP contribution in [0, 0.1) is 0 Å². The van der Waals surface area contributed by atoms with E-state index in [-0.39, 0.29) is 4.68 Å². The second-order valence-electron chi connectivity index (χ2n) is 4.50. The number of hydroxylamine groups is 1. The van der Waals surface area contributed by atoms with Crippen molar-refractivity contribution in [3.8, 4) is 5.69 Å². The Hall–Kier alpha value is -2.56. The van der Waals surface area contributed by atoms with Gasteiger partial charge in [-0.25, -0.2) is 10.2 Å². The molecule has 0 unspecified atom stereocenters. The maximum atomic E-state index is 13.3. The van der Waals surface area contributed by atoms with Crippen LogP contribution in [0.5, 0.6) is 0 Å². The molecule has 1 amide bonds. The molecule has 0 bridgehead atoms. The quantitative estimate of drug-likeness (QED) is 0.681. The van der Waals surface area contributed by atoms with Crippen molar-refractivity contribution in [1.29, 1.82) is 0 Å². The molecule has 130 valence electrons. The number of nitrogens with one attached hydrogen (secondary N) is 1. The predicted octanol–water partition coefficient (Wildman–Crippen LogP) is 3.20. The SMILES string of the molecule is CONC(=O)c1cnn(-c2cccc(C(F)(F)F)c2)c1C(F)(F)F. The fraction of sp³-hybridized carbons (Fsp3) is 0.231. The molecule has 0 saturated carbocycles. The molecule has 0 aliphatic heterocycles. The van der Waals surface area contributed by atoms with Gasteiger partial charge in [0.25, 0.3) is 5.91 Å². The van der Waals surface area contributed by atoms with E-state index in [1.807, 2.05) is 0 Å². The van der Waals surface area contributed by atoms with Crippen molar-refractivity contribution in [3.63, 3.8) is 0 Å². The minimum Gasteiger partial charge on any atom is -0.277 e. The van der Waals surface area contributed by atoms with Crippen LogP contribution >= 0.6 is 0 Å². The number of rotatable bonds is 3. The van der Waals surface area contributed by atoms with Gasteiger partial charge in [-0.15, -0.1) is 0 Å². The highest BCUT2D eigenvalue weighted by atomic mass is 19.4. The minimum atomic E-state index is -5.04. The average Bonchev–Trinajstić information content (AvgIpc) is 2.92. The summed E-state index contributed by atoms with van der Waals surface area (Å²) < 4.78 is 78.2. The van der Waals surface area contributed by atoms with E-state index in [2.05, 4.69) is 9.94 Å². The van der Waals surface area contributed by atoms with Crippen LogP contribution in [-0.2, 0) is 17.2 Å². The molecule has 1 aromatic carbocycles. The van der Waals surface area contributed by atoms with Crippen LogP contribution in [-0.4, -0.2) is 22.8 Å². The Morgan fingerprint density at radius 2 is 1.83 bits per heavy atom. The lowest BCUT2D eigenvalue weighted by molar-refractivity contribution is -0.143. The fourth-order valence-corrected chi connectivity index (χ4v) is 1.94. The van der Waals surface area contributed by atoms with Gasteiger partial charge in [0.2, 0.25) is 0 Å². The van der Waals surface area contributed by atoms with Gasteiger partial charge in [0, 0.05) is 0 Å². The molecule has 1 N–H and O–H groups in total. The molecule has 0 aliphatic carbocycles. The highest BCUT2D eigenvalue weighted by molar-refractivity contribution is 5.94. The Kier molecular flexibility index (Phi) is 4.56. The first-order valence-corrected chi connectivity index (χ1v) is 6.22. The Bertz CT molecular complexity index is 751. The highest BCUT2D eigenvalue weighted by Gasteiger charge is 2.41. The molecule has 0 aliphatic rings. The van der Waals surface area contributed by atoms with E-state index in [1.165, 1.54) is 0 Å². The lowest BCUT2D eigenvalue weighted by Gasteiger charge is -2.14. The maximum Gasteiger partial charge on any atom is 0.434 e. The number of halogens is 6. The number of carbonyl (C=O) groups is 1. The van der Waals surface area contributed by atoms with Crippen LogP contribution in [0.2, 0.25) is 0 Å². The zero-order chi connectivity index (χ0) is 18.1. The summed E-state index contributed by atoms with van der Waals surface area (Å²) in [6.07, 6.45) is -9.18. The maximum absolute atomic E-state index is 13.3. The van der Waals surface area contributed by atoms with E-state index in [9.17, 15) is 31.1 Å². The molecule has 0 radical (unpaired) electrons. The van der Waals surface area contributed by atoms with Crippen molar-refractivity contribution in [2.24, 2.45) is 0 Å². The van der Waals surface area contributed by atoms with Gasteiger partial charge in [-0.1, -0.05) is 6.07 Å². The van der Waals surface area contributed by atoms with Crippen molar-refractivity contribution >= 4 is 5.91 Å². The lowest BCUT2D eigenvalue weighted by Crippen LogP contribution is -2.25. The molecule has 5 nitrogen and oxygen atoms in total. The van der Waals surface area contributed by atoms with E-state index in [1.54, 1.807) is 5.48 Å². The van der Waals surface area contributed by atoms with Crippen molar-refractivity contribution in [3.05, 3.63) is 47.3 Å². The van der Waals surface area contributed by atoms with Gasteiger partial charge >= 0.3 is 12.4 Å². The molecule has 11 heteroatoms. The van der Waals surface area contributed by atoms with Crippen LogP contribution in [0.4, 0.5) is 26.3 Å². The molecule has 2 aromatic rings. The Morgan fingerprint density at radius 3 is 2.38 bits per heavy atom. The van der Waals surface area contributed by atoms with Gasteiger partial charge in [-0.2, -0.15) is 31.4 Å². The van der Waals surface area contributed by atoms with Gasteiger partial charge in [0.1, 0.15) is 0 Å². The molecule has 0 spiro atoms. The number of hydrogen-bond donors (Lipinski definition) is 1. The molecule has 2 rings (SSSR count). The van der Waals surface area contributed by atoms with E-state index in [4.69, 9.17) is 0 Å². The summed E-state index contributed by atoms with van der Waals surface area (Å²) in [5.41, 5.74) is -2.34. The van der Waals surface area contributed by atoms with Crippen molar-refractivity contribution in [1.82, 2.24) is 15.3 Å². The summed E-state index contributed by atoms with van der Waals surface area (Å²) in [5.74, 6) is -1.23. The number of hydrogen-bond acceptors (Lipinski definition) is 3. The highest BCUT2D eigenvalue weighted by Crippen LogP contribution is 2.35. The van der Waals surface area contributed by atoms with Crippen molar-refractivity contribution < 1.29 is 36.0 Å². The van der Waals surface area contributed by atoms with Crippen molar-refractivity contribution in [2.75, 3.05) is 7.11 Å².